The smallest absolute Gasteiger partial charge is 0.0713 e. The number of nitrogens with zero attached hydrogens (tertiary/aromatic N) is 2. The topological polar surface area (TPSA) is 47.6 Å². The van der Waals surface area contributed by atoms with Gasteiger partial charge in [0.1, 0.15) is 0 Å². The van der Waals surface area contributed by atoms with E-state index in [1.54, 1.807) is 23.5 Å². The summed E-state index contributed by atoms with van der Waals surface area (Å²) < 4.78 is 0. The first-order chi connectivity index (χ1) is 5.41. The number of rotatable bonds is 6. The van der Waals surface area contributed by atoms with Gasteiger partial charge in [0.05, 0.1) is 17.2 Å². The van der Waals surface area contributed by atoms with E-state index in [2.05, 4.69) is 12.1 Å². The van der Waals surface area contributed by atoms with Gasteiger partial charge in [-0.25, -0.2) is 0 Å². The van der Waals surface area contributed by atoms with E-state index in [4.69, 9.17) is 10.5 Å². The molecule has 0 atom stereocenters. The van der Waals surface area contributed by atoms with Crippen LogP contribution in [0.15, 0.2) is 0 Å². The minimum Gasteiger partial charge on any atom is -0.198 e. The average molecular weight is 185 g/mol. The molecule has 0 aromatic heterocycles. The molecular formula is C7H9N2S2. The van der Waals surface area contributed by atoms with E-state index in [0.717, 1.165) is 11.5 Å². The fourth-order valence-electron chi connectivity index (χ4n) is 0.353. The molecule has 2 nitrogen and oxygen atoms in total. The molecule has 11 heavy (non-hydrogen) atoms. The van der Waals surface area contributed by atoms with Crippen LogP contribution in [0.5, 0.6) is 0 Å². The second-order valence-corrected chi connectivity index (χ2v) is 3.91. The number of hydrogen-bond acceptors (Lipinski definition) is 4. The molecule has 0 aromatic rings. The molecule has 4 heteroatoms. The van der Waals surface area contributed by atoms with Gasteiger partial charge < -0.3 is 0 Å². The summed E-state index contributed by atoms with van der Waals surface area (Å²) in [4.78, 5) is 0. The molecule has 0 N–H and O–H groups in total. The van der Waals surface area contributed by atoms with E-state index in [0.29, 0.717) is 12.8 Å². The molecule has 0 aromatic carbocycles. The molecule has 0 unspecified atom stereocenters. The predicted octanol–water partition coefficient (Wildman–Crippen LogP) is 2.40. The minimum absolute atomic E-state index is 0.597. The number of thioether (sulfide) groups is 2. The zero-order valence-corrected chi connectivity index (χ0v) is 7.75. The molecule has 0 rings (SSSR count). The van der Waals surface area contributed by atoms with E-state index in [1.807, 2.05) is 5.08 Å². The zero-order valence-electron chi connectivity index (χ0n) is 6.12. The summed E-state index contributed by atoms with van der Waals surface area (Å²) in [6, 6.07) is 4.13. The quantitative estimate of drug-likeness (QED) is 0.596. The van der Waals surface area contributed by atoms with Crippen LogP contribution >= 0.6 is 23.5 Å². The monoisotopic (exact) mass is 185 g/mol. The molecule has 59 valence electrons. The first-order valence-corrected chi connectivity index (χ1v) is 5.30. The van der Waals surface area contributed by atoms with Crippen molar-refractivity contribution in [2.24, 2.45) is 0 Å². The van der Waals surface area contributed by atoms with Crippen LogP contribution in [0.4, 0.5) is 0 Å². The summed E-state index contributed by atoms with van der Waals surface area (Å²) in [6.45, 7) is 0. The maximum absolute atomic E-state index is 8.18. The molecule has 0 saturated carbocycles. The van der Waals surface area contributed by atoms with Gasteiger partial charge in [-0.3, -0.25) is 0 Å². The Kier molecular flexibility index (Phi) is 9.40. The van der Waals surface area contributed by atoms with Crippen LogP contribution in [0.25, 0.3) is 0 Å². The molecule has 1 radical (unpaired) electrons. The fraction of sp³-hybridized carbons (Fsp3) is 0.571. The van der Waals surface area contributed by atoms with E-state index in [-0.39, 0.29) is 0 Å². The van der Waals surface area contributed by atoms with Crippen molar-refractivity contribution in [1.29, 1.82) is 10.5 Å². The third kappa shape index (κ3) is 9.68. The lowest BCUT2D eigenvalue weighted by molar-refractivity contribution is 1.24. The van der Waals surface area contributed by atoms with Crippen molar-refractivity contribution in [3.63, 3.8) is 0 Å². The van der Waals surface area contributed by atoms with Crippen molar-refractivity contribution >= 4 is 23.5 Å². The Morgan fingerprint density at radius 2 is 1.45 bits per heavy atom. The van der Waals surface area contributed by atoms with Gasteiger partial charge in [-0.1, -0.05) is 0 Å². The molecule has 0 amide bonds. The van der Waals surface area contributed by atoms with Gasteiger partial charge in [0.2, 0.25) is 0 Å². The lowest BCUT2D eigenvalue weighted by Crippen LogP contribution is -1.75. The second kappa shape index (κ2) is 9.68. The molecule has 0 saturated heterocycles. The van der Waals surface area contributed by atoms with Gasteiger partial charge in [-0.2, -0.15) is 10.5 Å². The molecule has 0 bridgehead atoms. The Balaban J connectivity index is 2.82. The lowest BCUT2D eigenvalue weighted by Gasteiger charge is -1.94. The lowest BCUT2D eigenvalue weighted by atomic mass is 10.6. The summed E-state index contributed by atoms with van der Waals surface area (Å²) in [5.74, 6) is 1.71. The largest absolute Gasteiger partial charge is 0.198 e. The molecule has 0 spiro atoms. The van der Waals surface area contributed by atoms with Gasteiger partial charge >= 0.3 is 0 Å². The molecule has 0 aliphatic rings. The molecule has 0 aliphatic carbocycles. The van der Waals surface area contributed by atoms with Crippen LogP contribution in [0, 0.1) is 27.7 Å². The van der Waals surface area contributed by atoms with E-state index in [1.165, 1.54) is 0 Å². The van der Waals surface area contributed by atoms with Gasteiger partial charge in [0, 0.05) is 24.3 Å². The molecule has 0 aliphatic heterocycles. The Morgan fingerprint density at radius 1 is 1.00 bits per heavy atom. The third-order valence-corrected chi connectivity index (χ3v) is 2.77. The first kappa shape index (κ1) is 10.7. The highest BCUT2D eigenvalue weighted by atomic mass is 32.2. The normalized spacial score (nSPS) is 8.55. The van der Waals surface area contributed by atoms with Gasteiger partial charge in [-0.05, 0) is 0 Å². The maximum Gasteiger partial charge on any atom is 0.0713 e. The number of hydrogen-bond donors (Lipinski definition) is 0. The van der Waals surface area contributed by atoms with Crippen molar-refractivity contribution in [1.82, 2.24) is 0 Å². The van der Waals surface area contributed by atoms with Crippen LogP contribution in [-0.4, -0.2) is 11.5 Å². The Bertz CT molecular complexity index is 139. The Hall–Kier alpha value is -0.320. The van der Waals surface area contributed by atoms with Gasteiger partial charge in [0.25, 0.3) is 0 Å². The highest BCUT2D eigenvalue weighted by Gasteiger charge is 1.89. The molecular weight excluding hydrogens is 176 g/mol. The van der Waals surface area contributed by atoms with E-state index >= 15 is 0 Å². The SMILES string of the molecule is N#CCCS[CH]SCCC#N. The van der Waals surface area contributed by atoms with Crippen LogP contribution in [-0.2, 0) is 0 Å². The van der Waals surface area contributed by atoms with Gasteiger partial charge in [-0.15, -0.1) is 23.5 Å². The summed E-state index contributed by atoms with van der Waals surface area (Å²) in [6.07, 6.45) is 1.19. The minimum atomic E-state index is 0.597. The summed E-state index contributed by atoms with van der Waals surface area (Å²) in [5, 5.41) is 18.4. The molecule has 0 heterocycles. The van der Waals surface area contributed by atoms with Crippen molar-refractivity contribution in [3.8, 4) is 12.1 Å². The van der Waals surface area contributed by atoms with Crippen molar-refractivity contribution < 1.29 is 0 Å². The van der Waals surface area contributed by atoms with Crippen molar-refractivity contribution in [2.75, 3.05) is 11.5 Å². The van der Waals surface area contributed by atoms with E-state index in [9.17, 15) is 0 Å². The van der Waals surface area contributed by atoms with Crippen molar-refractivity contribution in [2.45, 2.75) is 12.8 Å². The van der Waals surface area contributed by atoms with Crippen molar-refractivity contribution in [3.05, 3.63) is 5.08 Å². The Morgan fingerprint density at radius 3 is 1.82 bits per heavy atom. The fourth-order valence-corrected chi connectivity index (χ4v) is 1.93. The average Bonchev–Trinajstić information content (AvgIpc) is 2.03. The Labute approximate surface area is 76.0 Å². The van der Waals surface area contributed by atoms with Crippen LogP contribution in [0.2, 0.25) is 0 Å². The zero-order chi connectivity index (χ0) is 8.36. The maximum atomic E-state index is 8.18. The standard InChI is InChI=1S/C7H9N2S2/c8-3-1-5-10-7-11-6-2-4-9/h7H,1-2,5-6H2. The van der Waals surface area contributed by atoms with Gasteiger partial charge in [0.15, 0.2) is 0 Å². The summed E-state index contributed by atoms with van der Waals surface area (Å²) in [5.41, 5.74) is 0. The third-order valence-electron chi connectivity index (χ3n) is 0.800. The highest BCUT2D eigenvalue weighted by molar-refractivity contribution is 8.19. The molecule has 0 fully saturated rings. The second-order valence-electron chi connectivity index (χ2n) is 1.65. The number of nitriles is 2. The van der Waals surface area contributed by atoms with Crippen LogP contribution in [0.1, 0.15) is 12.8 Å². The highest BCUT2D eigenvalue weighted by Crippen LogP contribution is 2.18. The van der Waals surface area contributed by atoms with Crippen LogP contribution < -0.4 is 0 Å². The summed E-state index contributed by atoms with van der Waals surface area (Å²) in [7, 11) is 0. The first-order valence-electron chi connectivity index (χ1n) is 3.20. The van der Waals surface area contributed by atoms with Crippen LogP contribution in [0.3, 0.4) is 0 Å². The van der Waals surface area contributed by atoms with E-state index < -0.39 is 0 Å². The predicted molar refractivity (Wildman–Crippen MR) is 49.7 cm³/mol. The summed E-state index contributed by atoms with van der Waals surface area (Å²) >= 11 is 3.27.